The number of carbonyl (C=O) groups excluding carboxylic acids is 2. The van der Waals surface area contributed by atoms with Gasteiger partial charge in [-0.2, -0.15) is 0 Å². The number of nitrogens with one attached hydrogen (secondary N) is 1. The maximum atomic E-state index is 12.6. The molecule has 0 heterocycles. The van der Waals surface area contributed by atoms with Crippen LogP contribution in [0.5, 0.6) is 0 Å². The number of oxime groups is 1. The Bertz CT molecular complexity index is 989. The first-order valence-corrected chi connectivity index (χ1v) is 9.50. The highest BCUT2D eigenvalue weighted by atomic mass is 16.5. The zero-order valence-electron chi connectivity index (χ0n) is 16.3. The van der Waals surface area contributed by atoms with E-state index in [9.17, 15) is 14.8 Å². The van der Waals surface area contributed by atoms with Gasteiger partial charge in [0.25, 0.3) is 5.91 Å². The molecule has 30 heavy (non-hydrogen) atoms. The van der Waals surface area contributed by atoms with E-state index in [2.05, 4.69) is 10.5 Å². The Hall–Kier alpha value is -3.93. The van der Waals surface area contributed by atoms with Crippen LogP contribution in [-0.4, -0.2) is 29.4 Å². The van der Waals surface area contributed by atoms with Crippen LogP contribution in [0.2, 0.25) is 0 Å². The van der Waals surface area contributed by atoms with E-state index in [0.717, 1.165) is 5.56 Å². The second kappa shape index (κ2) is 10.6. The normalized spacial score (nSPS) is 12.1. The molecule has 3 aromatic carbocycles. The Kier molecular flexibility index (Phi) is 7.33. The highest BCUT2D eigenvalue weighted by molar-refractivity contribution is 6.01. The number of hydrogen-bond acceptors (Lipinski definition) is 5. The summed E-state index contributed by atoms with van der Waals surface area (Å²) in [5.41, 5.74) is 2.20. The summed E-state index contributed by atoms with van der Waals surface area (Å²) in [6.07, 6.45) is -0.0594. The minimum Gasteiger partial charge on any atom is -0.459 e. The van der Waals surface area contributed by atoms with Crippen LogP contribution in [0.1, 0.15) is 33.9 Å². The van der Waals surface area contributed by atoms with Crippen LogP contribution in [-0.2, 0) is 9.53 Å². The summed E-state index contributed by atoms with van der Waals surface area (Å²) in [7, 11) is 0. The van der Waals surface area contributed by atoms with Crippen molar-refractivity contribution >= 4 is 17.6 Å². The fourth-order valence-electron chi connectivity index (χ4n) is 2.94. The van der Waals surface area contributed by atoms with Gasteiger partial charge in [0.1, 0.15) is 12.3 Å². The molecule has 0 saturated carbocycles. The summed E-state index contributed by atoms with van der Waals surface area (Å²) < 4.78 is 5.31. The van der Waals surface area contributed by atoms with Crippen molar-refractivity contribution in [2.24, 2.45) is 5.16 Å². The van der Waals surface area contributed by atoms with Gasteiger partial charge in [-0.05, 0) is 17.7 Å². The fourth-order valence-corrected chi connectivity index (χ4v) is 2.94. The van der Waals surface area contributed by atoms with Crippen molar-refractivity contribution in [3.05, 3.63) is 108 Å². The topological polar surface area (TPSA) is 88.0 Å². The van der Waals surface area contributed by atoms with Gasteiger partial charge in [-0.25, -0.2) is 0 Å². The van der Waals surface area contributed by atoms with Crippen molar-refractivity contribution in [1.82, 2.24) is 5.32 Å². The van der Waals surface area contributed by atoms with Gasteiger partial charge in [-0.15, -0.1) is 0 Å². The number of nitrogens with zero attached hydrogens (tertiary/aromatic N) is 1. The molecule has 0 aliphatic carbocycles. The van der Waals surface area contributed by atoms with Crippen LogP contribution in [0, 0.1) is 0 Å². The van der Waals surface area contributed by atoms with Crippen LogP contribution >= 0.6 is 0 Å². The Balaban J connectivity index is 1.67. The second-order valence-electron chi connectivity index (χ2n) is 6.58. The van der Waals surface area contributed by atoms with Crippen LogP contribution in [0.3, 0.4) is 0 Å². The highest BCUT2D eigenvalue weighted by Crippen LogP contribution is 2.18. The highest BCUT2D eigenvalue weighted by Gasteiger charge is 2.20. The average Bonchev–Trinajstić information content (AvgIpc) is 2.81. The van der Waals surface area contributed by atoms with Gasteiger partial charge in [-0.1, -0.05) is 84.0 Å². The van der Waals surface area contributed by atoms with Gasteiger partial charge in [0, 0.05) is 11.1 Å². The van der Waals surface area contributed by atoms with Gasteiger partial charge in [0.15, 0.2) is 0 Å². The number of esters is 1. The molecule has 6 heteroatoms. The lowest BCUT2D eigenvalue weighted by atomic mass is 10.0. The SMILES string of the molecule is O=C(CC(NC(=O)c1ccccc1)c1ccccc1)OC/C(=N/O)c1ccccc1. The molecule has 0 aliphatic heterocycles. The third-order valence-electron chi connectivity index (χ3n) is 4.51. The fraction of sp³-hybridized carbons (Fsp3) is 0.125. The molecule has 0 aliphatic rings. The van der Waals surface area contributed by atoms with Crippen molar-refractivity contribution < 1.29 is 19.5 Å². The zero-order valence-corrected chi connectivity index (χ0v) is 16.3. The van der Waals surface area contributed by atoms with E-state index in [1.54, 1.807) is 48.5 Å². The molecule has 0 bridgehead atoms. The van der Waals surface area contributed by atoms with E-state index >= 15 is 0 Å². The van der Waals surface area contributed by atoms with Crippen LogP contribution < -0.4 is 5.32 Å². The molecule has 6 nitrogen and oxygen atoms in total. The number of rotatable bonds is 8. The standard InChI is InChI=1S/C24H22N2O4/c27-23(30-17-22(26-29)19-12-6-2-7-13-19)16-21(18-10-4-1-5-11-18)25-24(28)20-14-8-3-9-15-20/h1-15,21,29H,16-17H2,(H,25,28)/b26-22-. The van der Waals surface area contributed by atoms with Gasteiger partial charge in [-0.3, -0.25) is 9.59 Å². The van der Waals surface area contributed by atoms with Crippen molar-refractivity contribution in [3.8, 4) is 0 Å². The maximum Gasteiger partial charge on any atom is 0.308 e. The number of ether oxygens (including phenoxy) is 1. The smallest absolute Gasteiger partial charge is 0.308 e. The number of carbonyl (C=O) groups is 2. The molecule has 1 unspecified atom stereocenters. The molecular formula is C24H22N2O4. The number of hydrogen-bond donors (Lipinski definition) is 2. The molecule has 0 spiro atoms. The first-order valence-electron chi connectivity index (χ1n) is 9.50. The molecule has 1 atom stereocenters. The lowest BCUT2D eigenvalue weighted by molar-refractivity contribution is -0.142. The minimum atomic E-state index is -0.558. The second-order valence-corrected chi connectivity index (χ2v) is 6.58. The Morgan fingerprint density at radius 1 is 0.833 bits per heavy atom. The molecular weight excluding hydrogens is 380 g/mol. The molecule has 0 radical (unpaired) electrons. The molecule has 2 N–H and O–H groups in total. The van der Waals surface area contributed by atoms with E-state index in [0.29, 0.717) is 11.1 Å². The van der Waals surface area contributed by atoms with Crippen LogP contribution in [0.15, 0.2) is 96.2 Å². The minimum absolute atomic E-state index is 0.0594. The first-order chi connectivity index (χ1) is 14.7. The molecule has 0 fully saturated rings. The number of amides is 1. The molecule has 3 rings (SSSR count). The van der Waals surface area contributed by atoms with Gasteiger partial charge in [0.05, 0.1) is 12.5 Å². The maximum absolute atomic E-state index is 12.6. The lowest BCUT2D eigenvalue weighted by Gasteiger charge is -2.19. The molecule has 152 valence electrons. The largest absolute Gasteiger partial charge is 0.459 e. The van der Waals surface area contributed by atoms with Crippen molar-refractivity contribution in [2.45, 2.75) is 12.5 Å². The van der Waals surface area contributed by atoms with E-state index < -0.39 is 12.0 Å². The summed E-state index contributed by atoms with van der Waals surface area (Å²) >= 11 is 0. The molecule has 3 aromatic rings. The summed E-state index contributed by atoms with van der Waals surface area (Å²) in [5, 5.41) is 15.4. The third kappa shape index (κ3) is 5.78. The predicted molar refractivity (Wildman–Crippen MR) is 113 cm³/mol. The molecule has 1 amide bonds. The van der Waals surface area contributed by atoms with E-state index in [1.165, 1.54) is 0 Å². The lowest BCUT2D eigenvalue weighted by Crippen LogP contribution is -2.31. The van der Waals surface area contributed by atoms with E-state index in [-0.39, 0.29) is 24.6 Å². The van der Waals surface area contributed by atoms with Gasteiger partial charge < -0.3 is 15.3 Å². The first kappa shape index (κ1) is 20.8. The van der Waals surface area contributed by atoms with E-state index in [1.807, 2.05) is 42.5 Å². The average molecular weight is 402 g/mol. The summed E-state index contributed by atoms with van der Waals surface area (Å²) in [5.74, 6) is -0.798. The van der Waals surface area contributed by atoms with Crippen molar-refractivity contribution in [1.29, 1.82) is 0 Å². The third-order valence-corrected chi connectivity index (χ3v) is 4.51. The Morgan fingerprint density at radius 3 is 1.93 bits per heavy atom. The Morgan fingerprint density at radius 2 is 1.37 bits per heavy atom. The van der Waals surface area contributed by atoms with Crippen LogP contribution in [0.25, 0.3) is 0 Å². The van der Waals surface area contributed by atoms with Gasteiger partial charge >= 0.3 is 5.97 Å². The van der Waals surface area contributed by atoms with Crippen LogP contribution in [0.4, 0.5) is 0 Å². The zero-order chi connectivity index (χ0) is 21.2. The molecule has 0 saturated heterocycles. The Labute approximate surface area is 174 Å². The predicted octanol–water partition coefficient (Wildman–Crippen LogP) is 3.97. The van der Waals surface area contributed by atoms with Gasteiger partial charge in [0.2, 0.25) is 0 Å². The molecule has 0 aromatic heterocycles. The quantitative estimate of drug-likeness (QED) is 0.258. The summed E-state index contributed by atoms with van der Waals surface area (Å²) in [4.78, 5) is 25.1. The summed E-state index contributed by atoms with van der Waals surface area (Å²) in [6, 6.07) is 26.4. The summed E-state index contributed by atoms with van der Waals surface area (Å²) in [6.45, 7) is -0.173. The van der Waals surface area contributed by atoms with E-state index in [4.69, 9.17) is 4.74 Å². The monoisotopic (exact) mass is 402 g/mol. The van der Waals surface area contributed by atoms with Crippen molar-refractivity contribution in [2.75, 3.05) is 6.61 Å². The number of benzene rings is 3. The van der Waals surface area contributed by atoms with Crippen molar-refractivity contribution in [3.63, 3.8) is 0 Å².